The Hall–Kier alpha value is -3.97. The molecule has 0 bridgehead atoms. The van der Waals surface area contributed by atoms with Gasteiger partial charge in [0.1, 0.15) is 17.2 Å². The number of Topliss-reactive ketones (excluding diaryl/α,β-unsaturated/α-hetero) is 1. The third-order valence-electron chi connectivity index (χ3n) is 7.91. The molecule has 2 aliphatic rings. The number of rotatable bonds is 5. The molecule has 212 valence electrons. The lowest BCUT2D eigenvalue weighted by molar-refractivity contribution is -0.141. The van der Waals surface area contributed by atoms with E-state index in [2.05, 4.69) is 15.1 Å². The van der Waals surface area contributed by atoms with Crippen molar-refractivity contribution in [2.24, 2.45) is 11.3 Å². The minimum absolute atomic E-state index is 0.0117. The molecule has 0 spiro atoms. The first-order chi connectivity index (χ1) is 19.5. The lowest BCUT2D eigenvalue weighted by atomic mass is 9.60. The van der Waals surface area contributed by atoms with Gasteiger partial charge < -0.3 is 0 Å². The van der Waals surface area contributed by atoms with Crippen molar-refractivity contribution in [1.29, 1.82) is 0 Å². The van der Waals surface area contributed by atoms with Crippen LogP contribution >= 0.6 is 0 Å². The maximum atomic E-state index is 14.2. The predicted molar refractivity (Wildman–Crippen MR) is 138 cm³/mol. The van der Waals surface area contributed by atoms with Gasteiger partial charge in [-0.25, -0.2) is 22.5 Å². The number of carbonyl (C=O) groups excluding carboxylic acids is 1. The van der Waals surface area contributed by atoms with Gasteiger partial charge in [0, 0.05) is 25.0 Å². The molecule has 4 heterocycles. The van der Waals surface area contributed by atoms with Crippen molar-refractivity contribution in [3.8, 4) is 5.69 Å². The molecule has 4 aromatic rings. The Bertz CT molecular complexity index is 1730. The fraction of sp³-hybridized carbons (Fsp3) is 0.286. The summed E-state index contributed by atoms with van der Waals surface area (Å²) in [5, 5.41) is 3.76. The summed E-state index contributed by atoms with van der Waals surface area (Å²) in [7, 11) is -4.48. The Morgan fingerprint density at radius 2 is 1.80 bits per heavy atom. The highest BCUT2D eigenvalue weighted by molar-refractivity contribution is 7.89. The van der Waals surface area contributed by atoms with E-state index in [1.807, 2.05) is 0 Å². The molecule has 1 fully saturated rings. The van der Waals surface area contributed by atoms with Gasteiger partial charge in [-0.15, -0.1) is 0 Å². The highest BCUT2D eigenvalue weighted by Crippen LogP contribution is 2.48. The molecule has 2 unspecified atom stereocenters. The molecule has 3 aromatic heterocycles. The fourth-order valence-corrected chi connectivity index (χ4v) is 7.37. The first-order valence-electron chi connectivity index (χ1n) is 12.8. The van der Waals surface area contributed by atoms with Crippen LogP contribution in [0.1, 0.15) is 33.9 Å². The number of pyridine rings is 2. The Balaban J connectivity index is 1.41. The number of carbonyl (C=O) groups is 1. The van der Waals surface area contributed by atoms with Gasteiger partial charge in [0.05, 0.1) is 17.3 Å². The van der Waals surface area contributed by atoms with Gasteiger partial charge in [0.15, 0.2) is 10.8 Å². The summed E-state index contributed by atoms with van der Waals surface area (Å²) in [6, 6.07) is 13.5. The molecule has 0 N–H and O–H groups in total. The van der Waals surface area contributed by atoms with E-state index in [1.165, 1.54) is 18.3 Å². The molecule has 8 nitrogen and oxygen atoms in total. The SMILES string of the molecule is O=C(c1ccccn1)C12Cc3cnn(-c4ccc(F)cc4)c3CC1CCN(S(=O)(=O)c1cccc(C(F)(F)F)n1)C2. The van der Waals surface area contributed by atoms with E-state index in [4.69, 9.17) is 0 Å². The lowest BCUT2D eigenvalue weighted by Gasteiger charge is -2.49. The van der Waals surface area contributed by atoms with Crippen LogP contribution in [0.4, 0.5) is 17.6 Å². The first kappa shape index (κ1) is 27.2. The molecular weight excluding hydrogens is 562 g/mol. The summed E-state index contributed by atoms with van der Waals surface area (Å²) >= 11 is 0. The van der Waals surface area contributed by atoms with Gasteiger partial charge in [0.25, 0.3) is 10.0 Å². The monoisotopic (exact) mass is 585 g/mol. The standard InChI is InChI=1S/C28H23F4N5O3S/c29-20-7-9-21(10-8-20)37-23-14-19-11-13-36(41(39,40)25-6-3-5-24(35-25)28(30,31)32)17-27(19,15-18(23)16-34-37)26(38)22-4-1-2-12-33-22/h1-10,12,16,19H,11,13-15,17H2. The number of fused-ring (bicyclic) bond motifs is 2. The topological polar surface area (TPSA) is 98.0 Å². The van der Waals surface area contributed by atoms with Crippen LogP contribution in [-0.2, 0) is 29.0 Å². The number of piperidine rings is 1. The number of halogens is 4. The largest absolute Gasteiger partial charge is 0.433 e. The molecule has 1 saturated heterocycles. The van der Waals surface area contributed by atoms with Crippen LogP contribution in [0.2, 0.25) is 0 Å². The van der Waals surface area contributed by atoms with E-state index in [0.717, 1.165) is 27.7 Å². The van der Waals surface area contributed by atoms with E-state index in [1.54, 1.807) is 41.2 Å². The van der Waals surface area contributed by atoms with Crippen molar-refractivity contribution in [2.75, 3.05) is 13.1 Å². The van der Waals surface area contributed by atoms with Crippen molar-refractivity contribution in [3.05, 3.63) is 102 Å². The van der Waals surface area contributed by atoms with E-state index >= 15 is 0 Å². The number of hydrogen-bond acceptors (Lipinski definition) is 6. The second-order valence-corrected chi connectivity index (χ2v) is 12.2. The molecule has 2 atom stereocenters. The zero-order valence-electron chi connectivity index (χ0n) is 21.4. The molecule has 0 radical (unpaired) electrons. The summed E-state index contributed by atoms with van der Waals surface area (Å²) in [4.78, 5) is 21.8. The van der Waals surface area contributed by atoms with Gasteiger partial charge in [-0.2, -0.15) is 22.6 Å². The van der Waals surface area contributed by atoms with Gasteiger partial charge in [-0.05, 0) is 79.3 Å². The summed E-state index contributed by atoms with van der Waals surface area (Å²) in [5.41, 5.74) is -0.183. The Kier molecular flexibility index (Phi) is 6.53. The molecule has 1 aliphatic carbocycles. The van der Waals surface area contributed by atoms with Crippen LogP contribution in [0.25, 0.3) is 5.69 Å². The highest BCUT2D eigenvalue weighted by atomic mass is 32.2. The number of ketones is 1. The summed E-state index contributed by atoms with van der Waals surface area (Å²) in [6.07, 6.45) is -0.926. The molecule has 0 amide bonds. The predicted octanol–water partition coefficient (Wildman–Crippen LogP) is 4.50. The molecule has 13 heteroatoms. The first-order valence-corrected chi connectivity index (χ1v) is 14.2. The number of aromatic nitrogens is 4. The molecule has 6 rings (SSSR count). The maximum absolute atomic E-state index is 14.2. The number of benzene rings is 1. The fourth-order valence-electron chi connectivity index (χ4n) is 5.89. The summed E-state index contributed by atoms with van der Waals surface area (Å²) in [5.74, 6) is -1.06. The Morgan fingerprint density at radius 1 is 1.02 bits per heavy atom. The molecule has 1 aliphatic heterocycles. The zero-order chi connectivity index (χ0) is 29.0. The maximum Gasteiger partial charge on any atom is 0.433 e. The number of alkyl halides is 3. The van der Waals surface area contributed by atoms with Crippen LogP contribution < -0.4 is 0 Å². The van der Waals surface area contributed by atoms with E-state index in [-0.39, 0.29) is 43.3 Å². The Morgan fingerprint density at radius 3 is 2.51 bits per heavy atom. The highest BCUT2D eigenvalue weighted by Gasteiger charge is 2.55. The van der Waals surface area contributed by atoms with Gasteiger partial charge in [-0.1, -0.05) is 12.1 Å². The molecule has 1 aromatic carbocycles. The van der Waals surface area contributed by atoms with Crippen molar-refractivity contribution in [3.63, 3.8) is 0 Å². The normalized spacial score (nSPS) is 21.2. The minimum atomic E-state index is -4.82. The zero-order valence-corrected chi connectivity index (χ0v) is 22.2. The quantitative estimate of drug-likeness (QED) is 0.253. The average molecular weight is 586 g/mol. The smallest absolute Gasteiger partial charge is 0.292 e. The van der Waals surface area contributed by atoms with Gasteiger partial charge >= 0.3 is 6.18 Å². The number of sulfonamides is 1. The second kappa shape index (κ2) is 9.84. The molecule has 41 heavy (non-hydrogen) atoms. The number of nitrogens with zero attached hydrogens (tertiary/aromatic N) is 5. The third-order valence-corrected chi connectivity index (χ3v) is 9.65. The number of hydrogen-bond donors (Lipinski definition) is 0. The van der Waals surface area contributed by atoms with E-state index in [9.17, 15) is 30.8 Å². The van der Waals surface area contributed by atoms with Gasteiger partial charge in [0.2, 0.25) is 0 Å². The average Bonchev–Trinajstić information content (AvgIpc) is 3.38. The van der Waals surface area contributed by atoms with E-state index in [0.29, 0.717) is 18.2 Å². The van der Waals surface area contributed by atoms with Crippen molar-refractivity contribution in [1.82, 2.24) is 24.1 Å². The molecular formula is C28H23F4N5O3S. The van der Waals surface area contributed by atoms with Crippen LogP contribution in [0, 0.1) is 17.2 Å². The summed E-state index contributed by atoms with van der Waals surface area (Å²) < 4.78 is 83.5. The van der Waals surface area contributed by atoms with Crippen LogP contribution in [-0.4, -0.2) is 51.3 Å². The van der Waals surface area contributed by atoms with Gasteiger partial charge in [-0.3, -0.25) is 9.78 Å². The van der Waals surface area contributed by atoms with Crippen LogP contribution in [0.15, 0.2) is 78.1 Å². The van der Waals surface area contributed by atoms with Crippen molar-refractivity contribution < 1.29 is 30.8 Å². The van der Waals surface area contributed by atoms with Crippen LogP contribution in [0.3, 0.4) is 0 Å². The third kappa shape index (κ3) is 4.72. The Labute approximate surface area is 232 Å². The second-order valence-electron chi connectivity index (χ2n) is 10.3. The van der Waals surface area contributed by atoms with Crippen molar-refractivity contribution in [2.45, 2.75) is 30.5 Å². The van der Waals surface area contributed by atoms with Crippen LogP contribution in [0.5, 0.6) is 0 Å². The lowest BCUT2D eigenvalue weighted by Crippen LogP contribution is -2.57. The minimum Gasteiger partial charge on any atom is -0.292 e. The van der Waals surface area contributed by atoms with Crippen molar-refractivity contribution >= 4 is 15.8 Å². The summed E-state index contributed by atoms with van der Waals surface area (Å²) in [6.45, 7) is -0.267. The van der Waals surface area contributed by atoms with E-state index < -0.39 is 38.2 Å². The molecule has 0 saturated carbocycles.